The van der Waals surface area contributed by atoms with Crippen LogP contribution in [0.4, 0.5) is 0 Å². The van der Waals surface area contributed by atoms with Gasteiger partial charge in [0.15, 0.2) is 0 Å². The van der Waals surface area contributed by atoms with Gasteiger partial charge in [0.1, 0.15) is 0 Å². The Kier molecular flexibility index (Phi) is 4.35. The molecule has 0 spiro atoms. The number of benzene rings is 1. The van der Waals surface area contributed by atoms with Crippen LogP contribution in [0.3, 0.4) is 0 Å². The fourth-order valence-corrected chi connectivity index (χ4v) is 4.56. The number of nitrogens with zero attached hydrogens (tertiary/aromatic N) is 1. The number of rotatable bonds is 4. The number of aryl methyl sites for hydroxylation is 1. The highest BCUT2D eigenvalue weighted by Crippen LogP contribution is 2.32. The second kappa shape index (κ2) is 5.70. The van der Waals surface area contributed by atoms with Gasteiger partial charge in [-0.15, -0.1) is 0 Å². The average Bonchev–Trinajstić information content (AvgIpc) is 2.66. The second-order valence-electron chi connectivity index (χ2n) is 5.59. The molecule has 1 aliphatic heterocycles. The van der Waals surface area contributed by atoms with Crippen molar-refractivity contribution in [3.63, 3.8) is 0 Å². The highest BCUT2D eigenvalue weighted by molar-refractivity contribution is 7.89. The van der Waals surface area contributed by atoms with Gasteiger partial charge in [-0.2, -0.15) is 4.31 Å². The van der Waals surface area contributed by atoms with E-state index in [4.69, 9.17) is 0 Å². The van der Waals surface area contributed by atoms with Crippen molar-refractivity contribution in [3.05, 3.63) is 41.5 Å². The standard InChI is InChI=1S/C16H23NO2S/c1-5-6-15-11-13(3)14(4)17(15)20(18,19)16-9-7-12(2)8-10-16/h7-11,14-15H,5-6H2,1-4H3/t14-,15+/m1/s1. The van der Waals surface area contributed by atoms with E-state index >= 15 is 0 Å². The third kappa shape index (κ3) is 2.67. The predicted molar refractivity (Wildman–Crippen MR) is 82.1 cm³/mol. The van der Waals surface area contributed by atoms with Crippen LogP contribution in [-0.4, -0.2) is 24.8 Å². The summed E-state index contributed by atoms with van der Waals surface area (Å²) in [6.07, 6.45) is 3.94. The lowest BCUT2D eigenvalue weighted by Gasteiger charge is -2.28. The maximum absolute atomic E-state index is 12.9. The molecule has 1 aliphatic rings. The maximum atomic E-state index is 12.9. The molecule has 2 atom stereocenters. The summed E-state index contributed by atoms with van der Waals surface area (Å²) >= 11 is 0. The number of hydrogen-bond acceptors (Lipinski definition) is 2. The molecule has 0 N–H and O–H groups in total. The summed E-state index contributed by atoms with van der Waals surface area (Å²) in [7, 11) is -3.43. The largest absolute Gasteiger partial charge is 0.244 e. The molecule has 0 unspecified atom stereocenters. The first-order valence-corrected chi connectivity index (χ1v) is 8.60. The van der Waals surface area contributed by atoms with Gasteiger partial charge in [0, 0.05) is 12.1 Å². The first-order chi connectivity index (χ1) is 9.37. The van der Waals surface area contributed by atoms with Gasteiger partial charge < -0.3 is 0 Å². The Hall–Kier alpha value is -1.13. The predicted octanol–water partition coefficient (Wildman–Crippen LogP) is 3.50. The third-order valence-corrected chi connectivity index (χ3v) is 6.01. The summed E-state index contributed by atoms with van der Waals surface area (Å²) in [5.41, 5.74) is 2.21. The Morgan fingerprint density at radius 3 is 2.30 bits per heavy atom. The molecule has 0 radical (unpaired) electrons. The smallest absolute Gasteiger partial charge is 0.207 e. The summed E-state index contributed by atoms with van der Waals surface area (Å²) in [6, 6.07) is 7.03. The molecule has 0 amide bonds. The van der Waals surface area contributed by atoms with Crippen LogP contribution in [0, 0.1) is 6.92 Å². The zero-order valence-corrected chi connectivity index (χ0v) is 13.4. The van der Waals surface area contributed by atoms with E-state index in [1.165, 1.54) is 0 Å². The van der Waals surface area contributed by atoms with Gasteiger partial charge >= 0.3 is 0 Å². The Bertz CT molecular complexity index is 602. The quantitative estimate of drug-likeness (QED) is 0.797. The van der Waals surface area contributed by atoms with Crippen LogP contribution in [0.1, 0.15) is 39.2 Å². The molecule has 1 heterocycles. The highest BCUT2D eigenvalue weighted by Gasteiger charge is 2.38. The molecule has 1 aromatic carbocycles. The molecule has 3 nitrogen and oxygen atoms in total. The van der Waals surface area contributed by atoms with Crippen LogP contribution in [0.5, 0.6) is 0 Å². The monoisotopic (exact) mass is 293 g/mol. The molecular formula is C16H23NO2S. The number of hydrogen-bond donors (Lipinski definition) is 0. The van der Waals surface area contributed by atoms with Crippen molar-refractivity contribution >= 4 is 10.0 Å². The molecule has 0 saturated heterocycles. The summed E-state index contributed by atoms with van der Waals surface area (Å²) < 4.78 is 27.4. The van der Waals surface area contributed by atoms with Crippen molar-refractivity contribution in [1.82, 2.24) is 4.31 Å². The summed E-state index contributed by atoms with van der Waals surface area (Å²) in [5.74, 6) is 0. The molecule has 2 rings (SSSR count). The van der Waals surface area contributed by atoms with E-state index in [1.807, 2.05) is 32.9 Å². The Labute approximate surface area is 122 Å². The molecule has 110 valence electrons. The maximum Gasteiger partial charge on any atom is 0.244 e. The van der Waals surface area contributed by atoms with E-state index in [0.29, 0.717) is 4.90 Å². The Morgan fingerprint density at radius 2 is 1.75 bits per heavy atom. The van der Waals surface area contributed by atoms with Crippen LogP contribution in [0.2, 0.25) is 0 Å². The molecule has 20 heavy (non-hydrogen) atoms. The number of sulfonamides is 1. The van der Waals surface area contributed by atoms with Crippen molar-refractivity contribution in [1.29, 1.82) is 0 Å². The average molecular weight is 293 g/mol. The van der Waals surface area contributed by atoms with E-state index < -0.39 is 10.0 Å². The van der Waals surface area contributed by atoms with E-state index in [9.17, 15) is 8.42 Å². The summed E-state index contributed by atoms with van der Waals surface area (Å²) in [5, 5.41) is 0. The lowest BCUT2D eigenvalue weighted by atomic mass is 10.1. The van der Waals surface area contributed by atoms with Gasteiger partial charge in [-0.3, -0.25) is 0 Å². The topological polar surface area (TPSA) is 37.4 Å². The minimum atomic E-state index is -3.43. The second-order valence-corrected chi connectivity index (χ2v) is 7.43. The molecule has 4 heteroatoms. The van der Waals surface area contributed by atoms with Crippen molar-refractivity contribution < 1.29 is 8.42 Å². The lowest BCUT2D eigenvalue weighted by molar-refractivity contribution is 0.335. The normalized spacial score (nSPS) is 23.9. The zero-order valence-electron chi connectivity index (χ0n) is 12.6. The minimum absolute atomic E-state index is 0.0127. The van der Waals surface area contributed by atoms with Crippen LogP contribution >= 0.6 is 0 Å². The first kappa shape index (κ1) is 15.3. The molecule has 0 bridgehead atoms. The lowest BCUT2D eigenvalue weighted by Crippen LogP contribution is -2.41. The van der Waals surface area contributed by atoms with Gasteiger partial charge in [0.05, 0.1) is 4.90 Å². The Morgan fingerprint density at radius 1 is 1.15 bits per heavy atom. The van der Waals surface area contributed by atoms with E-state index in [1.54, 1.807) is 16.4 Å². The summed E-state index contributed by atoms with van der Waals surface area (Å²) in [4.78, 5) is 0.388. The van der Waals surface area contributed by atoms with Crippen molar-refractivity contribution in [2.45, 2.75) is 57.5 Å². The first-order valence-electron chi connectivity index (χ1n) is 7.16. The fourth-order valence-electron chi connectivity index (χ4n) is 2.73. The van der Waals surface area contributed by atoms with E-state index in [0.717, 1.165) is 24.0 Å². The zero-order chi connectivity index (χ0) is 14.9. The molecule has 1 aromatic rings. The minimum Gasteiger partial charge on any atom is -0.207 e. The van der Waals surface area contributed by atoms with Crippen LogP contribution in [0.15, 0.2) is 40.8 Å². The Balaban J connectivity index is 2.40. The molecule has 0 fully saturated rings. The van der Waals surface area contributed by atoms with E-state index in [2.05, 4.69) is 13.0 Å². The van der Waals surface area contributed by atoms with Gasteiger partial charge in [-0.1, -0.05) is 42.7 Å². The SMILES string of the molecule is CCC[C@H]1C=C(C)[C@@H](C)N1S(=O)(=O)c1ccc(C)cc1. The van der Waals surface area contributed by atoms with E-state index in [-0.39, 0.29) is 12.1 Å². The summed E-state index contributed by atoms with van der Waals surface area (Å²) in [6.45, 7) is 8.02. The molecule has 0 aromatic heterocycles. The van der Waals surface area contributed by atoms with Crippen LogP contribution < -0.4 is 0 Å². The highest BCUT2D eigenvalue weighted by atomic mass is 32.2. The molecule has 0 aliphatic carbocycles. The van der Waals surface area contributed by atoms with Crippen LogP contribution in [-0.2, 0) is 10.0 Å². The van der Waals surface area contributed by atoms with Gasteiger partial charge in [-0.05, 0) is 39.3 Å². The van der Waals surface area contributed by atoms with Crippen molar-refractivity contribution in [3.8, 4) is 0 Å². The molecule has 0 saturated carbocycles. The van der Waals surface area contributed by atoms with Crippen LogP contribution in [0.25, 0.3) is 0 Å². The van der Waals surface area contributed by atoms with Gasteiger partial charge in [0.2, 0.25) is 10.0 Å². The fraction of sp³-hybridized carbons (Fsp3) is 0.500. The van der Waals surface area contributed by atoms with Crippen molar-refractivity contribution in [2.75, 3.05) is 0 Å². The van der Waals surface area contributed by atoms with Crippen molar-refractivity contribution in [2.24, 2.45) is 0 Å². The van der Waals surface area contributed by atoms with Gasteiger partial charge in [0.25, 0.3) is 0 Å². The third-order valence-electron chi connectivity index (χ3n) is 4.00. The molecular weight excluding hydrogens is 270 g/mol. The van der Waals surface area contributed by atoms with Gasteiger partial charge in [-0.25, -0.2) is 8.42 Å².